The number of carbonyl (C=O) groups is 2. The summed E-state index contributed by atoms with van der Waals surface area (Å²) < 4.78 is 5.07. The topological polar surface area (TPSA) is 75.6 Å². The predicted molar refractivity (Wildman–Crippen MR) is 84.0 cm³/mol. The number of hydrogen-bond acceptors (Lipinski definition) is 3. The normalized spacial score (nSPS) is 17.3. The van der Waals surface area contributed by atoms with Crippen molar-refractivity contribution in [3.8, 4) is 5.75 Å². The van der Waals surface area contributed by atoms with E-state index in [0.29, 0.717) is 24.3 Å². The summed E-state index contributed by atoms with van der Waals surface area (Å²) in [6, 6.07) is 7.01. The molecule has 0 aromatic heterocycles. The minimum absolute atomic E-state index is 0.0361. The van der Waals surface area contributed by atoms with E-state index in [1.165, 1.54) is 0 Å². The molecule has 1 fully saturated rings. The summed E-state index contributed by atoms with van der Waals surface area (Å²) in [4.78, 5) is 24.0. The molecule has 5 nitrogen and oxygen atoms in total. The molecule has 1 saturated carbocycles. The molecule has 1 aromatic carbocycles. The van der Waals surface area contributed by atoms with Crippen LogP contribution in [0.2, 0.25) is 0 Å². The van der Waals surface area contributed by atoms with Gasteiger partial charge in [0.15, 0.2) is 0 Å². The van der Waals surface area contributed by atoms with Crippen LogP contribution in [0.5, 0.6) is 5.75 Å². The molecule has 0 aliphatic heterocycles. The standard InChI is InChI=1S/C17H23NO4/c1-22-14-8-6-13(7-9-14)18-15(19)12-17(16(20)21)10-4-2-3-5-11-17/h6-9H,2-5,10-12H2,1H3,(H,18,19)(H,20,21). The predicted octanol–water partition coefficient (Wildman–Crippen LogP) is 3.45. The summed E-state index contributed by atoms with van der Waals surface area (Å²) >= 11 is 0. The molecule has 2 N–H and O–H groups in total. The van der Waals surface area contributed by atoms with Crippen LogP contribution in [-0.4, -0.2) is 24.1 Å². The maximum atomic E-state index is 12.3. The van der Waals surface area contributed by atoms with Gasteiger partial charge in [-0.2, -0.15) is 0 Å². The van der Waals surface area contributed by atoms with Gasteiger partial charge >= 0.3 is 5.97 Å². The molecule has 120 valence electrons. The van der Waals surface area contributed by atoms with Gasteiger partial charge in [-0.3, -0.25) is 9.59 Å². The zero-order valence-corrected chi connectivity index (χ0v) is 12.9. The van der Waals surface area contributed by atoms with Gasteiger partial charge in [-0.15, -0.1) is 0 Å². The van der Waals surface area contributed by atoms with Gasteiger partial charge in [0.05, 0.1) is 12.5 Å². The lowest BCUT2D eigenvalue weighted by Crippen LogP contribution is -2.35. The fourth-order valence-electron chi connectivity index (χ4n) is 3.06. The van der Waals surface area contributed by atoms with Crippen molar-refractivity contribution < 1.29 is 19.4 Å². The van der Waals surface area contributed by atoms with E-state index in [-0.39, 0.29) is 12.3 Å². The molecule has 1 aromatic rings. The largest absolute Gasteiger partial charge is 0.497 e. The molecule has 1 amide bonds. The average molecular weight is 305 g/mol. The van der Waals surface area contributed by atoms with Crippen molar-refractivity contribution in [3.05, 3.63) is 24.3 Å². The van der Waals surface area contributed by atoms with Crippen molar-refractivity contribution >= 4 is 17.6 Å². The molecule has 0 atom stereocenters. The van der Waals surface area contributed by atoms with E-state index in [2.05, 4.69) is 5.32 Å². The van der Waals surface area contributed by atoms with Crippen molar-refractivity contribution in [2.45, 2.75) is 44.9 Å². The first-order chi connectivity index (χ1) is 10.6. The van der Waals surface area contributed by atoms with Crippen LogP contribution in [-0.2, 0) is 9.59 Å². The lowest BCUT2D eigenvalue weighted by Gasteiger charge is -2.27. The molecule has 0 bridgehead atoms. The number of anilines is 1. The lowest BCUT2D eigenvalue weighted by molar-refractivity contribution is -0.152. The Bertz CT molecular complexity index is 516. The van der Waals surface area contributed by atoms with Gasteiger partial charge in [0, 0.05) is 12.1 Å². The lowest BCUT2D eigenvalue weighted by atomic mass is 9.77. The number of amides is 1. The number of aliphatic carboxylic acids is 1. The first kappa shape index (κ1) is 16.3. The molecule has 1 aliphatic carbocycles. The average Bonchev–Trinajstić information content (AvgIpc) is 2.74. The van der Waals surface area contributed by atoms with Crippen LogP contribution in [0, 0.1) is 5.41 Å². The fraction of sp³-hybridized carbons (Fsp3) is 0.529. The zero-order chi connectivity index (χ0) is 16.0. The third-order valence-corrected chi connectivity index (χ3v) is 4.39. The Morgan fingerprint density at radius 3 is 2.23 bits per heavy atom. The molecule has 1 aliphatic rings. The minimum atomic E-state index is -0.910. The van der Waals surface area contributed by atoms with Crippen molar-refractivity contribution in [3.63, 3.8) is 0 Å². The van der Waals surface area contributed by atoms with Crippen molar-refractivity contribution in [1.29, 1.82) is 0 Å². The zero-order valence-electron chi connectivity index (χ0n) is 12.9. The Hall–Kier alpha value is -2.04. The van der Waals surface area contributed by atoms with Gasteiger partial charge in [0.1, 0.15) is 5.75 Å². The Morgan fingerprint density at radius 2 is 1.73 bits per heavy atom. The summed E-state index contributed by atoms with van der Waals surface area (Å²) in [5.74, 6) is -0.377. The molecule has 0 unspecified atom stereocenters. The summed E-state index contributed by atoms with van der Waals surface area (Å²) in [6.07, 6.45) is 5.06. The number of ether oxygens (including phenoxy) is 1. The molecule has 0 saturated heterocycles. The van der Waals surface area contributed by atoms with Crippen LogP contribution in [0.3, 0.4) is 0 Å². The van der Waals surface area contributed by atoms with E-state index in [4.69, 9.17) is 4.74 Å². The highest BCUT2D eigenvalue weighted by Crippen LogP contribution is 2.38. The molecular formula is C17H23NO4. The summed E-state index contributed by atoms with van der Waals surface area (Å²) in [5.41, 5.74) is -0.257. The van der Waals surface area contributed by atoms with E-state index in [0.717, 1.165) is 25.7 Å². The van der Waals surface area contributed by atoms with Gasteiger partial charge in [-0.05, 0) is 37.1 Å². The van der Waals surface area contributed by atoms with Crippen molar-refractivity contribution in [1.82, 2.24) is 0 Å². The number of carbonyl (C=O) groups excluding carboxylic acids is 1. The van der Waals surface area contributed by atoms with E-state index in [9.17, 15) is 14.7 Å². The van der Waals surface area contributed by atoms with Crippen LogP contribution in [0.15, 0.2) is 24.3 Å². The Morgan fingerprint density at radius 1 is 1.14 bits per heavy atom. The van der Waals surface area contributed by atoms with E-state index >= 15 is 0 Å². The number of hydrogen-bond donors (Lipinski definition) is 2. The van der Waals surface area contributed by atoms with Gasteiger partial charge in [0.25, 0.3) is 0 Å². The summed E-state index contributed by atoms with van der Waals surface area (Å²) in [7, 11) is 1.58. The van der Waals surface area contributed by atoms with Crippen LogP contribution in [0.4, 0.5) is 5.69 Å². The molecule has 2 rings (SSSR count). The monoisotopic (exact) mass is 305 g/mol. The second kappa shape index (κ2) is 7.29. The highest BCUT2D eigenvalue weighted by atomic mass is 16.5. The van der Waals surface area contributed by atoms with Crippen LogP contribution in [0.1, 0.15) is 44.9 Å². The molecular weight excluding hydrogens is 282 g/mol. The quantitative estimate of drug-likeness (QED) is 0.817. The molecule has 0 spiro atoms. The van der Waals surface area contributed by atoms with Crippen molar-refractivity contribution in [2.75, 3.05) is 12.4 Å². The van der Waals surface area contributed by atoms with Crippen LogP contribution in [0.25, 0.3) is 0 Å². The molecule has 22 heavy (non-hydrogen) atoms. The molecule has 5 heteroatoms. The third-order valence-electron chi connectivity index (χ3n) is 4.39. The van der Waals surface area contributed by atoms with E-state index in [1.54, 1.807) is 31.4 Å². The van der Waals surface area contributed by atoms with E-state index < -0.39 is 11.4 Å². The number of benzene rings is 1. The SMILES string of the molecule is COc1ccc(NC(=O)CC2(C(=O)O)CCCCCC2)cc1. The van der Waals surface area contributed by atoms with Crippen LogP contribution < -0.4 is 10.1 Å². The van der Waals surface area contributed by atoms with Crippen molar-refractivity contribution in [2.24, 2.45) is 5.41 Å². The number of nitrogens with one attached hydrogen (secondary N) is 1. The first-order valence-electron chi connectivity index (χ1n) is 7.73. The molecule has 0 heterocycles. The summed E-state index contributed by atoms with van der Waals surface area (Å²) in [5, 5.41) is 12.4. The van der Waals surface area contributed by atoms with Gasteiger partial charge in [-0.25, -0.2) is 0 Å². The highest BCUT2D eigenvalue weighted by molar-refractivity contribution is 5.94. The number of carboxylic acids is 1. The van der Waals surface area contributed by atoms with Gasteiger partial charge < -0.3 is 15.2 Å². The van der Waals surface area contributed by atoms with Crippen LogP contribution >= 0.6 is 0 Å². The third kappa shape index (κ3) is 4.00. The number of methoxy groups -OCH3 is 1. The van der Waals surface area contributed by atoms with Gasteiger partial charge in [0.2, 0.25) is 5.91 Å². The molecule has 0 radical (unpaired) electrons. The number of rotatable bonds is 5. The Labute approximate surface area is 130 Å². The van der Waals surface area contributed by atoms with Gasteiger partial charge in [-0.1, -0.05) is 25.7 Å². The van der Waals surface area contributed by atoms with E-state index in [1.807, 2.05) is 0 Å². The smallest absolute Gasteiger partial charge is 0.310 e. The maximum absolute atomic E-state index is 12.3. The second-order valence-electron chi connectivity index (χ2n) is 5.95. The highest BCUT2D eigenvalue weighted by Gasteiger charge is 2.40. The Balaban J connectivity index is 2.02. The first-order valence-corrected chi connectivity index (χ1v) is 7.73. The summed E-state index contributed by atoms with van der Waals surface area (Å²) in [6.45, 7) is 0. The minimum Gasteiger partial charge on any atom is -0.497 e. The Kier molecular flexibility index (Phi) is 5.41. The maximum Gasteiger partial charge on any atom is 0.310 e. The fourth-order valence-corrected chi connectivity index (χ4v) is 3.06. The number of carboxylic acid groups (broad SMARTS) is 1. The second-order valence-corrected chi connectivity index (χ2v) is 5.95.